The van der Waals surface area contributed by atoms with Crippen molar-refractivity contribution in [3.8, 4) is 17.0 Å². The Balaban J connectivity index is 2.27. The van der Waals surface area contributed by atoms with Crippen molar-refractivity contribution < 1.29 is 14.3 Å². The number of hydrogen-bond acceptors (Lipinski definition) is 4. The van der Waals surface area contributed by atoms with Crippen LogP contribution in [-0.2, 0) is 6.42 Å². The summed E-state index contributed by atoms with van der Waals surface area (Å²) in [5.41, 5.74) is 1.69. The van der Waals surface area contributed by atoms with E-state index >= 15 is 0 Å². The first-order valence-corrected chi connectivity index (χ1v) is 5.03. The van der Waals surface area contributed by atoms with Crippen molar-refractivity contribution in [2.75, 3.05) is 13.7 Å². The zero-order valence-corrected chi connectivity index (χ0v) is 9.01. The van der Waals surface area contributed by atoms with Crippen LogP contribution in [0.4, 0.5) is 0 Å². The number of benzene rings is 1. The lowest BCUT2D eigenvalue weighted by Crippen LogP contribution is -1.90. The lowest BCUT2D eigenvalue weighted by atomic mass is 10.1. The molecule has 2 rings (SSSR count). The SMILES string of the molecule is COc1cccc(-c2coc(CCO)n2)c1. The van der Waals surface area contributed by atoms with Gasteiger partial charge in [0.1, 0.15) is 17.7 Å². The Kier molecular flexibility index (Phi) is 3.22. The number of aromatic nitrogens is 1. The van der Waals surface area contributed by atoms with E-state index < -0.39 is 0 Å². The molecule has 0 spiro atoms. The molecule has 1 heterocycles. The first-order chi connectivity index (χ1) is 7.83. The van der Waals surface area contributed by atoms with Gasteiger partial charge in [-0.3, -0.25) is 0 Å². The predicted molar refractivity (Wildman–Crippen MR) is 59.3 cm³/mol. The summed E-state index contributed by atoms with van der Waals surface area (Å²) < 4.78 is 10.4. The van der Waals surface area contributed by atoms with Crippen molar-refractivity contribution in [3.05, 3.63) is 36.4 Å². The van der Waals surface area contributed by atoms with Crippen LogP contribution < -0.4 is 4.74 Å². The van der Waals surface area contributed by atoms with Gasteiger partial charge in [-0.15, -0.1) is 0 Å². The first kappa shape index (κ1) is 10.7. The number of nitrogens with zero attached hydrogens (tertiary/aromatic N) is 1. The Morgan fingerprint density at radius 2 is 2.31 bits per heavy atom. The monoisotopic (exact) mass is 219 g/mol. The lowest BCUT2D eigenvalue weighted by molar-refractivity contribution is 0.285. The smallest absolute Gasteiger partial charge is 0.196 e. The molecule has 0 radical (unpaired) electrons. The molecular weight excluding hydrogens is 206 g/mol. The van der Waals surface area contributed by atoms with Crippen LogP contribution in [0.25, 0.3) is 11.3 Å². The molecule has 4 heteroatoms. The van der Waals surface area contributed by atoms with Crippen LogP contribution in [0, 0.1) is 0 Å². The van der Waals surface area contributed by atoms with Crippen LogP contribution in [0.3, 0.4) is 0 Å². The van der Waals surface area contributed by atoms with Crippen LogP contribution in [0.5, 0.6) is 5.75 Å². The Labute approximate surface area is 93.5 Å². The van der Waals surface area contributed by atoms with E-state index in [2.05, 4.69) is 4.98 Å². The Hall–Kier alpha value is -1.81. The molecule has 1 aromatic heterocycles. The maximum Gasteiger partial charge on any atom is 0.196 e. The van der Waals surface area contributed by atoms with Crippen LogP contribution in [0.1, 0.15) is 5.89 Å². The second kappa shape index (κ2) is 4.81. The summed E-state index contributed by atoms with van der Waals surface area (Å²) in [5, 5.41) is 8.76. The minimum atomic E-state index is 0.0397. The van der Waals surface area contributed by atoms with Crippen LogP contribution in [0.2, 0.25) is 0 Å². The summed E-state index contributed by atoms with van der Waals surface area (Å²) in [6.45, 7) is 0.0397. The third kappa shape index (κ3) is 2.23. The highest BCUT2D eigenvalue weighted by Crippen LogP contribution is 2.23. The molecule has 16 heavy (non-hydrogen) atoms. The van der Waals surface area contributed by atoms with Crippen molar-refractivity contribution in [1.29, 1.82) is 0 Å². The van der Waals surface area contributed by atoms with E-state index in [0.717, 1.165) is 17.0 Å². The van der Waals surface area contributed by atoms with Gasteiger partial charge in [-0.2, -0.15) is 0 Å². The normalized spacial score (nSPS) is 10.4. The van der Waals surface area contributed by atoms with E-state index in [1.165, 1.54) is 0 Å². The summed E-state index contributed by atoms with van der Waals surface area (Å²) in [5.74, 6) is 1.32. The summed E-state index contributed by atoms with van der Waals surface area (Å²) >= 11 is 0. The van der Waals surface area contributed by atoms with E-state index in [9.17, 15) is 0 Å². The van der Waals surface area contributed by atoms with Gasteiger partial charge in [0.05, 0.1) is 13.7 Å². The molecule has 0 saturated carbocycles. The largest absolute Gasteiger partial charge is 0.497 e. The number of aliphatic hydroxyl groups is 1. The van der Waals surface area contributed by atoms with Gasteiger partial charge in [0, 0.05) is 12.0 Å². The average Bonchev–Trinajstić information content (AvgIpc) is 2.78. The third-order valence-corrected chi connectivity index (χ3v) is 2.24. The van der Waals surface area contributed by atoms with Gasteiger partial charge < -0.3 is 14.3 Å². The Morgan fingerprint density at radius 1 is 1.44 bits per heavy atom. The molecule has 0 aliphatic heterocycles. The minimum absolute atomic E-state index is 0.0397. The van der Waals surface area contributed by atoms with Crippen LogP contribution in [0.15, 0.2) is 34.9 Å². The summed E-state index contributed by atoms with van der Waals surface area (Å²) in [6.07, 6.45) is 2.02. The molecule has 0 unspecified atom stereocenters. The third-order valence-electron chi connectivity index (χ3n) is 2.24. The fourth-order valence-electron chi connectivity index (χ4n) is 1.44. The van der Waals surface area contributed by atoms with Crippen molar-refractivity contribution in [3.63, 3.8) is 0 Å². The standard InChI is InChI=1S/C12H13NO3/c1-15-10-4-2-3-9(7-10)11-8-16-12(13-11)5-6-14/h2-4,7-8,14H,5-6H2,1H3. The lowest BCUT2D eigenvalue weighted by Gasteiger charge is -2.00. The molecule has 2 aromatic rings. The summed E-state index contributed by atoms with van der Waals surface area (Å²) in [6, 6.07) is 7.59. The van der Waals surface area contributed by atoms with Gasteiger partial charge in [0.25, 0.3) is 0 Å². The van der Waals surface area contributed by atoms with Gasteiger partial charge in [-0.25, -0.2) is 4.98 Å². The molecule has 0 aliphatic rings. The van der Waals surface area contributed by atoms with E-state index in [4.69, 9.17) is 14.3 Å². The maximum absolute atomic E-state index is 8.76. The Bertz CT molecular complexity index is 465. The van der Waals surface area contributed by atoms with E-state index in [1.807, 2.05) is 24.3 Å². The van der Waals surface area contributed by atoms with Crippen LogP contribution >= 0.6 is 0 Å². The average molecular weight is 219 g/mol. The molecule has 0 aliphatic carbocycles. The highest BCUT2D eigenvalue weighted by Gasteiger charge is 2.06. The number of ether oxygens (including phenoxy) is 1. The van der Waals surface area contributed by atoms with E-state index in [1.54, 1.807) is 13.4 Å². The first-order valence-electron chi connectivity index (χ1n) is 5.03. The number of rotatable bonds is 4. The number of aliphatic hydroxyl groups excluding tert-OH is 1. The van der Waals surface area contributed by atoms with E-state index in [0.29, 0.717) is 12.3 Å². The molecule has 1 aromatic carbocycles. The molecule has 0 bridgehead atoms. The highest BCUT2D eigenvalue weighted by molar-refractivity contribution is 5.60. The van der Waals surface area contributed by atoms with Gasteiger partial charge in [0.15, 0.2) is 5.89 Å². The molecule has 1 N–H and O–H groups in total. The summed E-state index contributed by atoms with van der Waals surface area (Å²) in [4.78, 5) is 4.26. The van der Waals surface area contributed by atoms with E-state index in [-0.39, 0.29) is 6.61 Å². The second-order valence-corrected chi connectivity index (χ2v) is 3.33. The molecule has 4 nitrogen and oxygen atoms in total. The minimum Gasteiger partial charge on any atom is -0.497 e. The van der Waals surface area contributed by atoms with Gasteiger partial charge in [-0.1, -0.05) is 12.1 Å². The van der Waals surface area contributed by atoms with Crippen molar-refractivity contribution in [1.82, 2.24) is 4.98 Å². The quantitative estimate of drug-likeness (QED) is 0.853. The van der Waals surface area contributed by atoms with Crippen molar-refractivity contribution >= 4 is 0 Å². The molecule has 84 valence electrons. The topological polar surface area (TPSA) is 55.5 Å². The molecule has 0 atom stereocenters. The van der Waals surface area contributed by atoms with Gasteiger partial charge in [-0.05, 0) is 12.1 Å². The zero-order chi connectivity index (χ0) is 11.4. The predicted octanol–water partition coefficient (Wildman–Crippen LogP) is 1.88. The van der Waals surface area contributed by atoms with Crippen molar-refractivity contribution in [2.24, 2.45) is 0 Å². The highest BCUT2D eigenvalue weighted by atomic mass is 16.5. The second-order valence-electron chi connectivity index (χ2n) is 3.33. The van der Waals surface area contributed by atoms with Gasteiger partial charge >= 0.3 is 0 Å². The van der Waals surface area contributed by atoms with Crippen LogP contribution in [-0.4, -0.2) is 23.8 Å². The molecule has 0 fully saturated rings. The Morgan fingerprint density at radius 3 is 3.06 bits per heavy atom. The zero-order valence-electron chi connectivity index (χ0n) is 9.01. The van der Waals surface area contributed by atoms with Gasteiger partial charge in [0.2, 0.25) is 0 Å². The molecular formula is C12H13NO3. The summed E-state index contributed by atoms with van der Waals surface area (Å²) in [7, 11) is 1.62. The number of hydrogen-bond donors (Lipinski definition) is 1. The maximum atomic E-state index is 8.76. The number of methoxy groups -OCH3 is 1. The fraction of sp³-hybridized carbons (Fsp3) is 0.250. The van der Waals surface area contributed by atoms with Crippen molar-refractivity contribution in [2.45, 2.75) is 6.42 Å². The fourth-order valence-corrected chi connectivity index (χ4v) is 1.44. The molecule has 0 saturated heterocycles. The number of oxazole rings is 1. The molecule has 0 amide bonds.